The Balaban J connectivity index is 1.52. The van der Waals surface area contributed by atoms with E-state index in [1.807, 2.05) is 31.2 Å². The second kappa shape index (κ2) is 9.50. The monoisotopic (exact) mass is 503 g/mol. The minimum Gasteiger partial charge on any atom is -0.495 e. The van der Waals surface area contributed by atoms with Crippen LogP contribution in [0.25, 0.3) is 22.0 Å². The van der Waals surface area contributed by atoms with Crippen LogP contribution >= 0.6 is 0 Å². The fraction of sp³-hybridized carbons (Fsp3) is 0.259. The number of aryl methyl sites for hydroxylation is 1. The molecule has 3 aromatic carbocycles. The fourth-order valence-electron chi connectivity index (χ4n) is 4.43. The van der Waals surface area contributed by atoms with E-state index in [2.05, 4.69) is 27.8 Å². The molecule has 4 aromatic rings. The minimum atomic E-state index is -3.54. The first kappa shape index (κ1) is 24.2. The van der Waals surface area contributed by atoms with Crippen LogP contribution in [0.15, 0.2) is 59.6 Å². The predicted molar refractivity (Wildman–Crippen MR) is 142 cm³/mol. The minimum absolute atomic E-state index is 0.257. The van der Waals surface area contributed by atoms with Gasteiger partial charge in [-0.05, 0) is 78.0 Å². The van der Waals surface area contributed by atoms with Crippen molar-refractivity contribution in [3.05, 3.63) is 71.4 Å². The molecule has 0 unspecified atom stereocenters. The van der Waals surface area contributed by atoms with E-state index in [1.165, 1.54) is 29.5 Å². The van der Waals surface area contributed by atoms with E-state index in [9.17, 15) is 8.42 Å². The molecule has 0 aliphatic carbocycles. The summed E-state index contributed by atoms with van der Waals surface area (Å²) in [6, 6.07) is 15.2. The van der Waals surface area contributed by atoms with Gasteiger partial charge >= 0.3 is 0 Å². The Morgan fingerprint density at radius 1 is 1.06 bits per heavy atom. The summed E-state index contributed by atoms with van der Waals surface area (Å²) >= 11 is 0. The lowest BCUT2D eigenvalue weighted by atomic mass is 9.99. The molecule has 2 heterocycles. The molecule has 186 valence electrons. The molecule has 0 saturated heterocycles. The molecule has 0 bridgehead atoms. The van der Waals surface area contributed by atoms with Crippen molar-refractivity contribution in [2.75, 3.05) is 33.1 Å². The molecular formula is C27H29N5O3S. The number of nitrogens with one attached hydrogen (secondary N) is 2. The second-order valence-corrected chi connectivity index (χ2v) is 11.3. The van der Waals surface area contributed by atoms with Crippen molar-refractivity contribution in [1.82, 2.24) is 19.6 Å². The number of aromatic nitrogens is 2. The van der Waals surface area contributed by atoms with E-state index in [1.54, 1.807) is 25.4 Å². The van der Waals surface area contributed by atoms with Gasteiger partial charge in [-0.3, -0.25) is 0 Å². The number of sulfonamides is 1. The average Bonchev–Trinajstić information content (AvgIpc) is 2.88. The molecule has 0 fully saturated rings. The highest BCUT2D eigenvalue weighted by molar-refractivity contribution is 7.89. The number of hydrogen-bond acceptors (Lipinski definition) is 7. The van der Waals surface area contributed by atoms with Crippen LogP contribution in [0.2, 0.25) is 0 Å². The Morgan fingerprint density at radius 2 is 1.89 bits per heavy atom. The van der Waals surface area contributed by atoms with E-state index in [0.29, 0.717) is 5.95 Å². The zero-order valence-corrected chi connectivity index (χ0v) is 21.6. The summed E-state index contributed by atoms with van der Waals surface area (Å²) < 4.78 is 32.2. The number of fused-ring (bicyclic) bond motifs is 2. The summed E-state index contributed by atoms with van der Waals surface area (Å²) in [5.74, 6) is 1.21. The van der Waals surface area contributed by atoms with Gasteiger partial charge in [0, 0.05) is 32.2 Å². The highest BCUT2D eigenvalue weighted by atomic mass is 32.2. The van der Waals surface area contributed by atoms with Crippen molar-refractivity contribution in [2.45, 2.75) is 24.8 Å². The molecule has 1 aromatic heterocycles. The smallest absolute Gasteiger partial charge is 0.242 e. The van der Waals surface area contributed by atoms with E-state index < -0.39 is 10.0 Å². The molecule has 0 radical (unpaired) electrons. The summed E-state index contributed by atoms with van der Waals surface area (Å²) in [7, 11) is 1.19. The first-order valence-corrected chi connectivity index (χ1v) is 13.2. The number of ether oxygens (including phenoxy) is 1. The summed E-state index contributed by atoms with van der Waals surface area (Å²) in [6.45, 7) is 3.75. The Labute approximate surface area is 211 Å². The third-order valence-corrected chi connectivity index (χ3v) is 8.35. The molecule has 0 saturated carbocycles. The second-order valence-electron chi connectivity index (χ2n) is 9.10. The lowest BCUT2D eigenvalue weighted by molar-refractivity contribution is 0.415. The maximum atomic E-state index is 12.7. The third-order valence-electron chi connectivity index (χ3n) is 6.54. The fourth-order valence-corrected chi connectivity index (χ4v) is 5.36. The van der Waals surface area contributed by atoms with Crippen molar-refractivity contribution in [1.29, 1.82) is 0 Å². The van der Waals surface area contributed by atoms with Crippen LogP contribution in [-0.4, -0.2) is 50.4 Å². The number of nitrogens with zero attached hydrogens (tertiary/aromatic N) is 3. The summed E-state index contributed by atoms with van der Waals surface area (Å²) in [4.78, 5) is 9.51. The molecule has 1 aliphatic rings. The van der Waals surface area contributed by atoms with E-state index in [-0.39, 0.29) is 4.90 Å². The molecular weight excluding hydrogens is 474 g/mol. The highest BCUT2D eigenvalue weighted by Gasteiger charge is 2.19. The van der Waals surface area contributed by atoms with Gasteiger partial charge in [0.15, 0.2) is 0 Å². The maximum absolute atomic E-state index is 12.7. The average molecular weight is 504 g/mol. The van der Waals surface area contributed by atoms with Crippen molar-refractivity contribution in [2.24, 2.45) is 0 Å². The number of rotatable bonds is 6. The van der Waals surface area contributed by atoms with Crippen molar-refractivity contribution < 1.29 is 13.2 Å². The molecule has 8 nitrogen and oxygen atoms in total. The van der Waals surface area contributed by atoms with Crippen LogP contribution in [0.1, 0.15) is 16.7 Å². The Hall–Kier alpha value is -3.53. The predicted octanol–water partition coefficient (Wildman–Crippen LogP) is 4.25. The van der Waals surface area contributed by atoms with Gasteiger partial charge in [0.1, 0.15) is 5.75 Å². The molecule has 0 amide bonds. The van der Waals surface area contributed by atoms with Gasteiger partial charge in [0.05, 0.1) is 23.2 Å². The zero-order chi connectivity index (χ0) is 25.4. The number of hydrogen-bond donors (Lipinski definition) is 2. The van der Waals surface area contributed by atoms with Gasteiger partial charge < -0.3 is 15.4 Å². The Bertz CT molecular complexity index is 1570. The SMILES string of the molecule is COc1cc2c(cc1Nc1ncc3ccc(-c4cc(S(=O)(=O)N(C)C)ccc4C)cc3n1)CNCC2. The molecule has 0 atom stereocenters. The standard InChI is InChI=1S/C27H29N5O3S/c1-17-5-8-22(36(33,34)32(2)3)14-23(17)19-6-7-20-16-29-27(30-24(20)11-19)31-25-12-21-15-28-10-9-18(21)13-26(25)35-4/h5-8,11-14,16,28H,9-10,15H2,1-4H3,(H,29,30,31). The van der Waals surface area contributed by atoms with Crippen molar-refractivity contribution in [3.63, 3.8) is 0 Å². The molecule has 36 heavy (non-hydrogen) atoms. The van der Waals surface area contributed by atoms with Gasteiger partial charge in [-0.25, -0.2) is 22.7 Å². The molecule has 5 rings (SSSR count). The molecule has 2 N–H and O–H groups in total. The Morgan fingerprint density at radius 3 is 2.67 bits per heavy atom. The van der Waals surface area contributed by atoms with Crippen molar-refractivity contribution >= 4 is 32.6 Å². The van der Waals surface area contributed by atoms with Crippen molar-refractivity contribution in [3.8, 4) is 16.9 Å². The molecule has 1 aliphatic heterocycles. The molecule has 0 spiro atoms. The first-order valence-electron chi connectivity index (χ1n) is 11.7. The quantitative estimate of drug-likeness (QED) is 0.406. The Kier molecular flexibility index (Phi) is 6.38. The van der Waals surface area contributed by atoms with Gasteiger partial charge in [0.2, 0.25) is 16.0 Å². The topological polar surface area (TPSA) is 96.4 Å². The van der Waals surface area contributed by atoms with E-state index >= 15 is 0 Å². The summed E-state index contributed by atoms with van der Waals surface area (Å²) in [5, 5.41) is 7.61. The first-order chi connectivity index (χ1) is 17.3. The number of anilines is 2. The van der Waals surface area contributed by atoms with Crippen LogP contribution in [0.3, 0.4) is 0 Å². The number of benzene rings is 3. The van der Waals surface area contributed by atoms with Crippen LogP contribution in [0, 0.1) is 6.92 Å². The molecule has 9 heteroatoms. The van der Waals surface area contributed by atoms with Crippen LogP contribution in [0.5, 0.6) is 5.75 Å². The van der Waals surface area contributed by atoms with E-state index in [0.717, 1.165) is 58.5 Å². The highest BCUT2D eigenvalue weighted by Crippen LogP contribution is 2.33. The third kappa shape index (κ3) is 4.53. The van der Waals surface area contributed by atoms with Gasteiger partial charge in [-0.1, -0.05) is 18.2 Å². The van der Waals surface area contributed by atoms with Gasteiger partial charge in [0.25, 0.3) is 0 Å². The summed E-state index contributed by atoms with van der Waals surface area (Å²) in [6.07, 6.45) is 2.75. The maximum Gasteiger partial charge on any atom is 0.242 e. The van der Waals surface area contributed by atoms with Crippen LogP contribution < -0.4 is 15.4 Å². The summed E-state index contributed by atoms with van der Waals surface area (Å²) in [5.41, 5.74) is 6.79. The van der Waals surface area contributed by atoms with Gasteiger partial charge in [-0.2, -0.15) is 0 Å². The van der Waals surface area contributed by atoms with Crippen LogP contribution in [-0.2, 0) is 23.0 Å². The van der Waals surface area contributed by atoms with Crippen LogP contribution in [0.4, 0.5) is 11.6 Å². The van der Waals surface area contributed by atoms with E-state index in [4.69, 9.17) is 9.72 Å². The van der Waals surface area contributed by atoms with Gasteiger partial charge in [-0.15, -0.1) is 0 Å². The lowest BCUT2D eigenvalue weighted by Gasteiger charge is -2.20. The lowest BCUT2D eigenvalue weighted by Crippen LogP contribution is -2.23. The zero-order valence-electron chi connectivity index (χ0n) is 20.8. The normalized spacial score (nSPS) is 13.6. The number of methoxy groups -OCH3 is 1. The largest absolute Gasteiger partial charge is 0.495 e.